The summed E-state index contributed by atoms with van der Waals surface area (Å²) in [5, 5.41) is 3.64. The second kappa shape index (κ2) is 6.76. The number of allylic oxidation sites excluding steroid dienone is 3. The average Bonchev–Trinajstić information content (AvgIpc) is 3.43. The Balaban J connectivity index is 1.69. The SMILES string of the molecule is Cc1ccc2c(oc3c(C4=C[Si](C)(C)C5=C4CCC5)c(F)ccc32)c1-c1cccc[n+]1C. The summed E-state index contributed by atoms with van der Waals surface area (Å²) in [6.07, 6.45) is 5.45. The lowest BCUT2D eigenvalue weighted by Crippen LogP contribution is -2.30. The number of rotatable bonds is 2. The topological polar surface area (TPSA) is 17.0 Å². The van der Waals surface area contributed by atoms with E-state index in [0.717, 1.165) is 45.2 Å². The lowest BCUT2D eigenvalue weighted by atomic mass is 9.96. The van der Waals surface area contributed by atoms with E-state index in [4.69, 9.17) is 4.42 Å². The van der Waals surface area contributed by atoms with Crippen molar-refractivity contribution >= 4 is 35.6 Å². The molecule has 0 saturated heterocycles. The highest BCUT2D eigenvalue weighted by atomic mass is 28.3. The van der Waals surface area contributed by atoms with Crippen LogP contribution in [0.15, 0.2) is 69.5 Å². The number of furan rings is 1. The number of aromatic nitrogens is 1. The second-order valence-electron chi connectivity index (χ2n) is 9.82. The first kappa shape index (κ1) is 19.7. The summed E-state index contributed by atoms with van der Waals surface area (Å²) in [5.41, 5.74) is 10.4. The largest absolute Gasteiger partial charge is 0.454 e. The molecule has 2 nitrogen and oxygen atoms in total. The Morgan fingerprint density at radius 1 is 0.938 bits per heavy atom. The van der Waals surface area contributed by atoms with Crippen LogP contribution in [0.2, 0.25) is 13.1 Å². The molecule has 0 saturated carbocycles. The molecule has 0 radical (unpaired) electrons. The molecule has 0 amide bonds. The van der Waals surface area contributed by atoms with Crippen molar-refractivity contribution in [3.05, 3.63) is 82.1 Å². The number of aryl methyl sites for hydroxylation is 2. The standard InChI is InChI=1S/C28H27FNOSi/c1-17-11-12-19-20-13-14-22(29)26(21-16-32(3,4)24-10-7-8-18(21)24)28(20)31-27(19)25(17)23-9-5-6-15-30(23)2/h5-6,9,11-16H,7-8,10H2,1-4H3/q+1. The van der Waals surface area contributed by atoms with Gasteiger partial charge in [0.05, 0.1) is 11.1 Å². The van der Waals surface area contributed by atoms with E-state index in [9.17, 15) is 0 Å². The zero-order valence-electron chi connectivity index (χ0n) is 19.1. The highest BCUT2D eigenvalue weighted by molar-refractivity contribution is 6.91. The summed E-state index contributed by atoms with van der Waals surface area (Å²) in [4.78, 5) is 0. The van der Waals surface area contributed by atoms with Gasteiger partial charge in [-0.25, -0.2) is 8.96 Å². The average molecular weight is 441 g/mol. The number of hydrogen-bond donors (Lipinski definition) is 0. The van der Waals surface area contributed by atoms with E-state index in [1.807, 2.05) is 31.4 Å². The van der Waals surface area contributed by atoms with Gasteiger partial charge in [0.25, 0.3) is 0 Å². The van der Waals surface area contributed by atoms with Crippen molar-refractivity contribution in [2.75, 3.05) is 0 Å². The summed E-state index contributed by atoms with van der Waals surface area (Å²) in [6.45, 7) is 6.88. The Morgan fingerprint density at radius 2 is 1.69 bits per heavy atom. The van der Waals surface area contributed by atoms with Crippen LogP contribution in [0.1, 0.15) is 30.4 Å². The van der Waals surface area contributed by atoms with Gasteiger partial charge in [-0.05, 0) is 61.1 Å². The second-order valence-corrected chi connectivity index (χ2v) is 14.2. The van der Waals surface area contributed by atoms with E-state index >= 15 is 4.39 Å². The van der Waals surface area contributed by atoms with Crippen LogP contribution in [0.4, 0.5) is 4.39 Å². The number of hydrogen-bond acceptors (Lipinski definition) is 1. The normalized spacial score (nSPS) is 17.5. The molecule has 3 heterocycles. The molecule has 0 N–H and O–H groups in total. The van der Waals surface area contributed by atoms with Gasteiger partial charge in [-0.2, -0.15) is 0 Å². The van der Waals surface area contributed by atoms with Crippen LogP contribution in [-0.4, -0.2) is 8.07 Å². The maximum atomic E-state index is 15.5. The molecule has 4 heteroatoms. The third-order valence-corrected chi connectivity index (χ3v) is 10.5. The zero-order valence-corrected chi connectivity index (χ0v) is 20.1. The maximum Gasteiger partial charge on any atom is 0.216 e. The van der Waals surface area contributed by atoms with E-state index in [2.05, 4.69) is 48.5 Å². The summed E-state index contributed by atoms with van der Waals surface area (Å²) in [5.74, 6) is -0.184. The summed E-state index contributed by atoms with van der Waals surface area (Å²) < 4.78 is 24.2. The first-order valence-electron chi connectivity index (χ1n) is 11.4. The highest BCUT2D eigenvalue weighted by Gasteiger charge is 2.38. The van der Waals surface area contributed by atoms with Crippen molar-refractivity contribution in [2.45, 2.75) is 39.3 Å². The predicted molar refractivity (Wildman–Crippen MR) is 131 cm³/mol. The van der Waals surface area contributed by atoms with Crippen molar-refractivity contribution in [3.63, 3.8) is 0 Å². The van der Waals surface area contributed by atoms with Crippen LogP contribution in [0.25, 0.3) is 38.8 Å². The molecular weight excluding hydrogens is 413 g/mol. The van der Waals surface area contributed by atoms with Gasteiger partial charge >= 0.3 is 0 Å². The number of benzene rings is 2. The Labute approximate surface area is 188 Å². The zero-order chi connectivity index (χ0) is 22.2. The smallest absolute Gasteiger partial charge is 0.216 e. The molecule has 6 rings (SSSR count). The molecule has 0 unspecified atom stereocenters. The van der Waals surface area contributed by atoms with Crippen LogP contribution in [0.5, 0.6) is 0 Å². The van der Waals surface area contributed by atoms with Crippen LogP contribution >= 0.6 is 0 Å². The van der Waals surface area contributed by atoms with Gasteiger partial charge in [-0.15, -0.1) is 0 Å². The summed E-state index contributed by atoms with van der Waals surface area (Å²) in [6, 6.07) is 13.9. The van der Waals surface area contributed by atoms with E-state index in [1.165, 1.54) is 18.4 Å². The summed E-state index contributed by atoms with van der Waals surface area (Å²) in [7, 11) is 0.408. The molecule has 0 fully saturated rings. The fraction of sp³-hybridized carbons (Fsp3) is 0.250. The van der Waals surface area contributed by atoms with Gasteiger partial charge in [-0.3, -0.25) is 0 Å². The molecule has 2 aromatic carbocycles. The molecule has 2 aliphatic rings. The first-order valence-corrected chi connectivity index (χ1v) is 14.5. The van der Waals surface area contributed by atoms with Crippen molar-refractivity contribution in [2.24, 2.45) is 7.05 Å². The van der Waals surface area contributed by atoms with E-state index in [1.54, 1.807) is 11.3 Å². The lowest BCUT2D eigenvalue weighted by Gasteiger charge is -2.15. The summed E-state index contributed by atoms with van der Waals surface area (Å²) >= 11 is 0. The quantitative estimate of drug-likeness (QED) is 0.238. The number of fused-ring (bicyclic) bond motifs is 3. The predicted octanol–water partition coefficient (Wildman–Crippen LogP) is 7.19. The fourth-order valence-corrected chi connectivity index (χ4v) is 8.91. The van der Waals surface area contributed by atoms with Crippen LogP contribution in [0.3, 0.4) is 0 Å². The third kappa shape index (κ3) is 2.65. The van der Waals surface area contributed by atoms with Crippen molar-refractivity contribution in [3.8, 4) is 11.3 Å². The number of nitrogens with zero attached hydrogens (tertiary/aromatic N) is 1. The lowest BCUT2D eigenvalue weighted by molar-refractivity contribution is -0.660. The van der Waals surface area contributed by atoms with Crippen molar-refractivity contribution in [1.29, 1.82) is 0 Å². The number of pyridine rings is 1. The van der Waals surface area contributed by atoms with Crippen molar-refractivity contribution in [1.82, 2.24) is 0 Å². The molecular formula is C28H27FNOSi+. The van der Waals surface area contributed by atoms with E-state index in [-0.39, 0.29) is 5.82 Å². The molecule has 0 spiro atoms. The van der Waals surface area contributed by atoms with Crippen molar-refractivity contribution < 1.29 is 13.4 Å². The Hall–Kier alpha value is -2.98. The minimum atomic E-state index is -1.64. The van der Waals surface area contributed by atoms with Gasteiger partial charge in [-0.1, -0.05) is 36.1 Å². The first-order chi connectivity index (χ1) is 15.4. The van der Waals surface area contributed by atoms with Crippen LogP contribution < -0.4 is 4.57 Å². The van der Waals surface area contributed by atoms with Gasteiger partial charge in [0.15, 0.2) is 6.20 Å². The van der Waals surface area contributed by atoms with E-state index < -0.39 is 8.07 Å². The van der Waals surface area contributed by atoms with Gasteiger partial charge in [0.1, 0.15) is 32.1 Å². The highest BCUT2D eigenvalue weighted by Crippen LogP contribution is 2.50. The monoisotopic (exact) mass is 440 g/mol. The third-order valence-electron chi connectivity index (χ3n) is 7.37. The van der Waals surface area contributed by atoms with Gasteiger partial charge < -0.3 is 4.42 Å². The molecule has 0 bridgehead atoms. The van der Waals surface area contributed by atoms with Gasteiger partial charge in [0.2, 0.25) is 5.69 Å². The molecule has 4 aromatic rings. The van der Waals surface area contributed by atoms with Crippen LogP contribution in [-0.2, 0) is 7.05 Å². The number of halogens is 1. The minimum absolute atomic E-state index is 0.184. The Kier molecular flexibility index (Phi) is 4.16. The molecule has 1 aliphatic carbocycles. The molecule has 160 valence electrons. The Morgan fingerprint density at radius 3 is 2.47 bits per heavy atom. The van der Waals surface area contributed by atoms with Gasteiger partial charge in [0, 0.05) is 22.9 Å². The molecule has 1 aliphatic heterocycles. The fourth-order valence-electron chi connectivity index (χ4n) is 5.84. The van der Waals surface area contributed by atoms with Crippen LogP contribution in [0, 0.1) is 12.7 Å². The maximum absolute atomic E-state index is 15.5. The molecule has 0 atom stereocenters. The molecule has 32 heavy (non-hydrogen) atoms. The van der Waals surface area contributed by atoms with E-state index in [0.29, 0.717) is 11.1 Å². The minimum Gasteiger partial charge on any atom is -0.454 e. The Bertz CT molecular complexity index is 1510. The molecule has 2 aromatic heterocycles.